The smallest absolute Gasteiger partial charge is 0.370 e. The minimum absolute atomic E-state index is 0.112. The molecule has 0 aliphatic heterocycles. The fourth-order valence-electron chi connectivity index (χ4n) is 1.39. The third-order valence-corrected chi connectivity index (χ3v) is 2.47. The molecule has 7 heteroatoms. The molecule has 3 N–H and O–H groups in total. The maximum Gasteiger partial charge on any atom is 0.411 e. The van der Waals surface area contributed by atoms with Crippen LogP contribution < -0.4 is 11.3 Å². The van der Waals surface area contributed by atoms with Crippen LogP contribution in [0.2, 0.25) is 5.02 Å². The Balaban J connectivity index is 2.40. The van der Waals surface area contributed by atoms with Crippen molar-refractivity contribution in [3.8, 4) is 0 Å². The lowest BCUT2D eigenvalue weighted by Crippen LogP contribution is -2.41. The zero-order valence-electron chi connectivity index (χ0n) is 9.51. The molecule has 1 atom stereocenters. The van der Waals surface area contributed by atoms with E-state index < -0.39 is 12.8 Å². The first kappa shape index (κ1) is 15.2. The van der Waals surface area contributed by atoms with Crippen molar-refractivity contribution in [2.45, 2.75) is 18.6 Å². The van der Waals surface area contributed by atoms with Crippen molar-refractivity contribution in [2.75, 3.05) is 13.2 Å². The highest BCUT2D eigenvalue weighted by atomic mass is 35.5. The number of hydrazine groups is 1. The third kappa shape index (κ3) is 6.20. The number of halogens is 4. The Kier molecular flexibility index (Phi) is 5.87. The number of ether oxygens (including phenoxy) is 1. The molecule has 0 aliphatic carbocycles. The van der Waals surface area contributed by atoms with Gasteiger partial charge in [-0.1, -0.05) is 23.7 Å². The van der Waals surface area contributed by atoms with Gasteiger partial charge >= 0.3 is 6.18 Å². The van der Waals surface area contributed by atoms with Crippen LogP contribution in [0.3, 0.4) is 0 Å². The summed E-state index contributed by atoms with van der Waals surface area (Å²) in [7, 11) is 0. The van der Waals surface area contributed by atoms with Gasteiger partial charge in [0.25, 0.3) is 0 Å². The van der Waals surface area contributed by atoms with E-state index in [1.54, 1.807) is 24.3 Å². The predicted octanol–water partition coefficient (Wildman–Crippen LogP) is 2.29. The van der Waals surface area contributed by atoms with Gasteiger partial charge in [-0.15, -0.1) is 0 Å². The van der Waals surface area contributed by atoms with E-state index in [1.165, 1.54) is 0 Å². The minimum atomic E-state index is -4.32. The van der Waals surface area contributed by atoms with Gasteiger partial charge in [-0.25, -0.2) is 0 Å². The van der Waals surface area contributed by atoms with Gasteiger partial charge < -0.3 is 4.74 Å². The van der Waals surface area contributed by atoms with E-state index in [0.717, 1.165) is 5.56 Å². The van der Waals surface area contributed by atoms with Crippen molar-refractivity contribution < 1.29 is 17.9 Å². The Morgan fingerprint density at radius 2 is 1.89 bits per heavy atom. The first-order chi connectivity index (χ1) is 8.40. The number of benzene rings is 1. The molecule has 0 heterocycles. The molecule has 0 fully saturated rings. The summed E-state index contributed by atoms with van der Waals surface area (Å²) in [6, 6.07) is 6.61. The largest absolute Gasteiger partial charge is 0.411 e. The first-order valence-electron chi connectivity index (χ1n) is 5.26. The van der Waals surface area contributed by atoms with Crippen molar-refractivity contribution in [3.05, 3.63) is 34.9 Å². The zero-order valence-corrected chi connectivity index (χ0v) is 10.3. The van der Waals surface area contributed by atoms with E-state index in [1.807, 2.05) is 0 Å². The van der Waals surface area contributed by atoms with Crippen LogP contribution >= 0.6 is 11.6 Å². The number of rotatable bonds is 6. The lowest BCUT2D eigenvalue weighted by Gasteiger charge is -2.17. The summed E-state index contributed by atoms with van der Waals surface area (Å²) in [6.07, 6.45) is -3.86. The van der Waals surface area contributed by atoms with E-state index in [0.29, 0.717) is 11.4 Å². The van der Waals surface area contributed by atoms with E-state index in [2.05, 4.69) is 10.2 Å². The highest BCUT2D eigenvalue weighted by molar-refractivity contribution is 6.30. The van der Waals surface area contributed by atoms with Gasteiger partial charge in [0, 0.05) is 11.1 Å². The average Bonchev–Trinajstić information content (AvgIpc) is 2.29. The molecule has 0 spiro atoms. The van der Waals surface area contributed by atoms with Crippen molar-refractivity contribution in [1.29, 1.82) is 0 Å². The lowest BCUT2D eigenvalue weighted by molar-refractivity contribution is -0.175. The molecular formula is C11H14ClF3N2O. The van der Waals surface area contributed by atoms with Crippen LogP contribution in [-0.2, 0) is 11.2 Å². The topological polar surface area (TPSA) is 47.3 Å². The van der Waals surface area contributed by atoms with Crippen LogP contribution in [0.1, 0.15) is 5.56 Å². The molecule has 1 aromatic rings. The van der Waals surface area contributed by atoms with Crippen molar-refractivity contribution in [2.24, 2.45) is 5.84 Å². The molecule has 0 aliphatic rings. The SMILES string of the molecule is NNC(COCC(F)(F)F)Cc1ccc(Cl)cc1. The van der Waals surface area contributed by atoms with Crippen LogP contribution in [0.15, 0.2) is 24.3 Å². The summed E-state index contributed by atoms with van der Waals surface area (Å²) in [4.78, 5) is 0. The summed E-state index contributed by atoms with van der Waals surface area (Å²) in [5.74, 6) is 5.26. The second-order valence-corrected chi connectivity index (χ2v) is 4.26. The molecule has 0 amide bonds. The predicted molar refractivity (Wildman–Crippen MR) is 63.1 cm³/mol. The number of nitrogens with two attached hydrogens (primary N) is 1. The Labute approximate surface area is 108 Å². The summed E-state index contributed by atoms with van der Waals surface area (Å²) in [5, 5.41) is 0.601. The number of hydrogen-bond acceptors (Lipinski definition) is 3. The maximum atomic E-state index is 11.9. The second kappa shape index (κ2) is 6.94. The van der Waals surface area contributed by atoms with Gasteiger partial charge in [-0.2, -0.15) is 13.2 Å². The van der Waals surface area contributed by atoms with Gasteiger partial charge in [0.2, 0.25) is 0 Å². The van der Waals surface area contributed by atoms with Gasteiger partial charge in [0.05, 0.1) is 6.61 Å². The van der Waals surface area contributed by atoms with E-state index in [4.69, 9.17) is 17.4 Å². The van der Waals surface area contributed by atoms with Crippen molar-refractivity contribution in [3.63, 3.8) is 0 Å². The Morgan fingerprint density at radius 3 is 2.39 bits per heavy atom. The third-order valence-electron chi connectivity index (χ3n) is 2.22. The number of alkyl halides is 3. The molecule has 0 saturated carbocycles. The number of nitrogens with one attached hydrogen (secondary N) is 1. The lowest BCUT2D eigenvalue weighted by atomic mass is 10.1. The van der Waals surface area contributed by atoms with Gasteiger partial charge in [-0.3, -0.25) is 11.3 Å². The van der Waals surface area contributed by atoms with Crippen LogP contribution in [0, 0.1) is 0 Å². The number of hydrogen-bond donors (Lipinski definition) is 2. The van der Waals surface area contributed by atoms with E-state index in [9.17, 15) is 13.2 Å². The Morgan fingerprint density at radius 1 is 1.28 bits per heavy atom. The zero-order chi connectivity index (χ0) is 13.6. The van der Waals surface area contributed by atoms with Crippen LogP contribution in [0.4, 0.5) is 13.2 Å². The molecular weight excluding hydrogens is 269 g/mol. The van der Waals surface area contributed by atoms with Crippen molar-refractivity contribution in [1.82, 2.24) is 5.43 Å². The van der Waals surface area contributed by atoms with Gasteiger partial charge in [0.1, 0.15) is 6.61 Å². The normalized spacial score (nSPS) is 13.6. The molecule has 0 aromatic heterocycles. The van der Waals surface area contributed by atoms with Crippen molar-refractivity contribution >= 4 is 11.6 Å². The van der Waals surface area contributed by atoms with Gasteiger partial charge in [-0.05, 0) is 24.1 Å². The Bertz CT molecular complexity index is 356. The summed E-state index contributed by atoms with van der Waals surface area (Å²) in [6.45, 7) is -1.38. The highest BCUT2D eigenvalue weighted by Gasteiger charge is 2.27. The second-order valence-electron chi connectivity index (χ2n) is 3.82. The van der Waals surface area contributed by atoms with E-state index in [-0.39, 0.29) is 12.6 Å². The summed E-state index contributed by atoms with van der Waals surface area (Å²) < 4.78 is 40.2. The summed E-state index contributed by atoms with van der Waals surface area (Å²) >= 11 is 5.73. The van der Waals surface area contributed by atoms with Crippen LogP contribution in [0.25, 0.3) is 0 Å². The molecule has 1 rings (SSSR count). The molecule has 1 aromatic carbocycles. The summed E-state index contributed by atoms with van der Waals surface area (Å²) in [5.41, 5.74) is 3.34. The minimum Gasteiger partial charge on any atom is -0.370 e. The highest BCUT2D eigenvalue weighted by Crippen LogP contribution is 2.15. The standard InChI is InChI=1S/C11H14ClF3N2O/c12-9-3-1-8(2-4-9)5-10(17-16)6-18-7-11(13,14)15/h1-4,10,17H,5-7,16H2. The molecule has 1 unspecified atom stereocenters. The van der Waals surface area contributed by atoms with E-state index >= 15 is 0 Å². The molecule has 102 valence electrons. The molecule has 0 bridgehead atoms. The average molecular weight is 283 g/mol. The van der Waals surface area contributed by atoms with Crippen LogP contribution in [-0.4, -0.2) is 25.4 Å². The quantitative estimate of drug-likeness (QED) is 0.622. The van der Waals surface area contributed by atoms with Gasteiger partial charge in [0.15, 0.2) is 0 Å². The molecule has 3 nitrogen and oxygen atoms in total. The Hall–Kier alpha value is -0.820. The molecule has 0 radical (unpaired) electrons. The van der Waals surface area contributed by atoms with Crippen LogP contribution in [0.5, 0.6) is 0 Å². The molecule has 18 heavy (non-hydrogen) atoms. The molecule has 0 saturated heterocycles. The fraction of sp³-hybridized carbons (Fsp3) is 0.455. The maximum absolute atomic E-state index is 11.9. The monoisotopic (exact) mass is 282 g/mol. The first-order valence-corrected chi connectivity index (χ1v) is 5.63. The fourth-order valence-corrected chi connectivity index (χ4v) is 1.51.